The van der Waals surface area contributed by atoms with E-state index in [1.54, 1.807) is 7.11 Å². The zero-order valence-corrected chi connectivity index (χ0v) is 12.7. The maximum Gasteiger partial charge on any atom is 0.118 e. The minimum atomic E-state index is 0.111. The molecule has 4 nitrogen and oxygen atoms in total. The van der Waals surface area contributed by atoms with Gasteiger partial charge in [-0.25, -0.2) is 0 Å². The quantitative estimate of drug-likeness (QED) is 0.838. The lowest BCUT2D eigenvalue weighted by Gasteiger charge is -2.28. The van der Waals surface area contributed by atoms with Crippen molar-refractivity contribution in [3.63, 3.8) is 0 Å². The Kier molecular flexibility index (Phi) is 5.12. The molecule has 1 saturated carbocycles. The van der Waals surface area contributed by atoms with Crippen molar-refractivity contribution in [3.05, 3.63) is 29.8 Å². The van der Waals surface area contributed by atoms with E-state index in [9.17, 15) is 0 Å². The van der Waals surface area contributed by atoms with Crippen molar-refractivity contribution in [1.82, 2.24) is 5.32 Å². The van der Waals surface area contributed by atoms with E-state index in [1.165, 1.54) is 18.4 Å². The Balaban J connectivity index is 1.63. The molecule has 1 heterocycles. The molecule has 2 aliphatic rings. The molecule has 1 aliphatic heterocycles. The molecule has 2 fully saturated rings. The highest BCUT2D eigenvalue weighted by atomic mass is 16.5. The molecule has 0 amide bonds. The van der Waals surface area contributed by atoms with Gasteiger partial charge >= 0.3 is 0 Å². The fourth-order valence-electron chi connectivity index (χ4n) is 2.67. The molecular weight excluding hydrogens is 266 g/mol. The summed E-state index contributed by atoms with van der Waals surface area (Å²) < 4.78 is 17.0. The third-order valence-electron chi connectivity index (χ3n) is 4.18. The summed E-state index contributed by atoms with van der Waals surface area (Å²) in [7, 11) is 1.69. The minimum Gasteiger partial charge on any atom is -0.497 e. The van der Waals surface area contributed by atoms with E-state index in [0.717, 1.165) is 38.3 Å². The Hall–Kier alpha value is -1.10. The van der Waals surface area contributed by atoms with Gasteiger partial charge in [-0.05, 0) is 43.4 Å². The van der Waals surface area contributed by atoms with Crippen LogP contribution >= 0.6 is 0 Å². The van der Waals surface area contributed by atoms with Crippen LogP contribution in [0, 0.1) is 0 Å². The summed E-state index contributed by atoms with van der Waals surface area (Å²) in [6.07, 6.45) is 5.01. The lowest BCUT2D eigenvalue weighted by Crippen LogP contribution is -2.31. The van der Waals surface area contributed by atoms with Crippen molar-refractivity contribution in [1.29, 1.82) is 0 Å². The Morgan fingerprint density at radius 3 is 2.48 bits per heavy atom. The number of hydrogen-bond donors (Lipinski definition) is 1. The van der Waals surface area contributed by atoms with Gasteiger partial charge in [0.15, 0.2) is 0 Å². The van der Waals surface area contributed by atoms with Gasteiger partial charge < -0.3 is 19.5 Å². The van der Waals surface area contributed by atoms with Crippen LogP contribution in [0.4, 0.5) is 0 Å². The van der Waals surface area contributed by atoms with Gasteiger partial charge in [-0.3, -0.25) is 0 Å². The zero-order chi connectivity index (χ0) is 14.5. The molecule has 3 rings (SSSR count). The molecule has 116 valence electrons. The third-order valence-corrected chi connectivity index (χ3v) is 4.18. The fraction of sp³-hybridized carbons (Fsp3) is 0.647. The van der Waals surface area contributed by atoms with Crippen molar-refractivity contribution < 1.29 is 14.2 Å². The topological polar surface area (TPSA) is 39.7 Å². The fourth-order valence-corrected chi connectivity index (χ4v) is 2.67. The molecule has 0 spiro atoms. The summed E-state index contributed by atoms with van der Waals surface area (Å²) in [6, 6.07) is 8.93. The van der Waals surface area contributed by atoms with Crippen LogP contribution in [0.1, 0.15) is 37.4 Å². The largest absolute Gasteiger partial charge is 0.497 e. The van der Waals surface area contributed by atoms with Crippen molar-refractivity contribution in [2.24, 2.45) is 0 Å². The Morgan fingerprint density at radius 1 is 1.14 bits per heavy atom. The van der Waals surface area contributed by atoms with E-state index < -0.39 is 0 Å². The molecule has 1 aromatic rings. The molecular formula is C17H25NO3. The smallest absolute Gasteiger partial charge is 0.118 e. The monoisotopic (exact) mass is 291 g/mol. The highest BCUT2D eigenvalue weighted by Gasteiger charge is 2.25. The Morgan fingerprint density at radius 2 is 1.86 bits per heavy atom. The van der Waals surface area contributed by atoms with E-state index in [2.05, 4.69) is 17.4 Å². The van der Waals surface area contributed by atoms with Crippen molar-refractivity contribution in [3.8, 4) is 5.75 Å². The van der Waals surface area contributed by atoms with Gasteiger partial charge in [-0.2, -0.15) is 0 Å². The van der Waals surface area contributed by atoms with Crippen molar-refractivity contribution in [2.75, 3.05) is 26.9 Å². The second-order valence-electron chi connectivity index (χ2n) is 5.89. The van der Waals surface area contributed by atoms with Crippen molar-refractivity contribution >= 4 is 0 Å². The standard InChI is InChI=1S/C17H25NO3/c1-19-15-6-2-13(3-7-15)17(12-18-14-4-5-14)21-16-8-10-20-11-9-16/h2-3,6-7,14,16-18H,4-5,8-12H2,1H3. The highest BCUT2D eigenvalue weighted by molar-refractivity contribution is 5.28. The van der Waals surface area contributed by atoms with Gasteiger partial charge in [-0.15, -0.1) is 0 Å². The predicted molar refractivity (Wildman–Crippen MR) is 81.7 cm³/mol. The highest BCUT2D eigenvalue weighted by Crippen LogP contribution is 2.26. The first-order valence-electron chi connectivity index (χ1n) is 7.95. The summed E-state index contributed by atoms with van der Waals surface area (Å²) in [5, 5.41) is 3.59. The molecule has 21 heavy (non-hydrogen) atoms. The maximum atomic E-state index is 6.35. The summed E-state index contributed by atoms with van der Waals surface area (Å²) >= 11 is 0. The summed E-state index contributed by atoms with van der Waals surface area (Å²) in [5.74, 6) is 0.888. The maximum absolute atomic E-state index is 6.35. The molecule has 1 aromatic carbocycles. The predicted octanol–water partition coefficient (Wildman–Crippen LogP) is 2.68. The lowest BCUT2D eigenvalue weighted by molar-refractivity contribution is -0.0690. The minimum absolute atomic E-state index is 0.111. The first-order valence-corrected chi connectivity index (χ1v) is 7.95. The van der Waals surface area contributed by atoms with E-state index in [4.69, 9.17) is 14.2 Å². The molecule has 1 atom stereocenters. The number of nitrogens with one attached hydrogen (secondary N) is 1. The van der Waals surface area contributed by atoms with Crippen LogP contribution in [0.15, 0.2) is 24.3 Å². The molecule has 1 saturated heterocycles. The van der Waals surface area contributed by atoms with E-state index in [1.807, 2.05) is 12.1 Å². The molecule has 1 aliphatic carbocycles. The van der Waals surface area contributed by atoms with Crippen LogP contribution in [0.2, 0.25) is 0 Å². The van der Waals surface area contributed by atoms with Gasteiger partial charge in [0, 0.05) is 25.8 Å². The first kappa shape index (κ1) is 14.8. The SMILES string of the molecule is COc1ccc(C(CNC2CC2)OC2CCOCC2)cc1. The Labute approximate surface area is 126 Å². The number of benzene rings is 1. The van der Waals surface area contributed by atoms with E-state index >= 15 is 0 Å². The van der Waals surface area contributed by atoms with E-state index in [-0.39, 0.29) is 6.10 Å². The first-order chi connectivity index (χ1) is 10.3. The summed E-state index contributed by atoms with van der Waals surface area (Å²) in [4.78, 5) is 0. The molecule has 1 N–H and O–H groups in total. The zero-order valence-electron chi connectivity index (χ0n) is 12.7. The van der Waals surface area contributed by atoms with Crippen LogP contribution in [0.3, 0.4) is 0 Å². The van der Waals surface area contributed by atoms with Gasteiger partial charge in [0.05, 0.1) is 19.3 Å². The van der Waals surface area contributed by atoms with Crippen LogP contribution < -0.4 is 10.1 Å². The number of rotatable bonds is 7. The van der Waals surface area contributed by atoms with Gasteiger partial charge in [0.2, 0.25) is 0 Å². The second kappa shape index (κ2) is 7.25. The van der Waals surface area contributed by atoms with Gasteiger partial charge in [-0.1, -0.05) is 12.1 Å². The van der Waals surface area contributed by atoms with Crippen LogP contribution in [0.25, 0.3) is 0 Å². The van der Waals surface area contributed by atoms with Gasteiger partial charge in [0.1, 0.15) is 5.75 Å². The van der Waals surface area contributed by atoms with Crippen molar-refractivity contribution in [2.45, 2.75) is 43.9 Å². The number of hydrogen-bond acceptors (Lipinski definition) is 4. The normalized spacial score (nSPS) is 21.2. The summed E-state index contributed by atoms with van der Waals surface area (Å²) in [5.41, 5.74) is 1.22. The molecule has 1 unspecified atom stereocenters. The second-order valence-corrected chi connectivity index (χ2v) is 5.89. The number of methoxy groups -OCH3 is 1. The average Bonchev–Trinajstić information content (AvgIpc) is 3.37. The van der Waals surface area contributed by atoms with E-state index in [0.29, 0.717) is 12.1 Å². The van der Waals surface area contributed by atoms with Crippen LogP contribution in [0.5, 0.6) is 5.75 Å². The molecule has 0 radical (unpaired) electrons. The Bertz CT molecular complexity index is 424. The summed E-state index contributed by atoms with van der Waals surface area (Å²) in [6.45, 7) is 2.51. The lowest BCUT2D eigenvalue weighted by atomic mass is 10.1. The average molecular weight is 291 g/mol. The molecule has 0 bridgehead atoms. The van der Waals surface area contributed by atoms with Gasteiger partial charge in [0.25, 0.3) is 0 Å². The molecule has 4 heteroatoms. The van der Waals surface area contributed by atoms with Crippen LogP contribution in [-0.2, 0) is 9.47 Å². The van der Waals surface area contributed by atoms with Crippen LogP contribution in [-0.4, -0.2) is 39.0 Å². The molecule has 0 aromatic heterocycles. The third kappa shape index (κ3) is 4.43. The number of ether oxygens (including phenoxy) is 3.